The first kappa shape index (κ1) is 19.5. The van der Waals surface area contributed by atoms with Crippen molar-refractivity contribution in [2.24, 2.45) is 0 Å². The lowest BCUT2D eigenvalue weighted by Crippen LogP contribution is -2.48. The van der Waals surface area contributed by atoms with Gasteiger partial charge in [-0.1, -0.05) is 0 Å². The van der Waals surface area contributed by atoms with Gasteiger partial charge in [0.2, 0.25) is 5.78 Å². The van der Waals surface area contributed by atoms with Crippen molar-refractivity contribution in [3.8, 4) is 0 Å². The van der Waals surface area contributed by atoms with Gasteiger partial charge >= 0.3 is 0 Å². The molecule has 0 aromatic heterocycles. The minimum atomic E-state index is -2.37. The number of Topliss-reactive ketones (excluding diaryl/α,β-unsaturated/α-hetero) is 1. The lowest BCUT2D eigenvalue weighted by atomic mass is 9.95. The third kappa shape index (κ3) is 4.06. The fourth-order valence-electron chi connectivity index (χ4n) is 1.83. The number of nitrogens with zero attached hydrogens (tertiary/aromatic N) is 2. The highest BCUT2D eigenvalue weighted by Crippen LogP contribution is 2.26. The first-order valence-corrected chi connectivity index (χ1v) is 6.42. The smallest absolute Gasteiger partial charge is 0.287 e. The molecule has 12 heteroatoms. The Morgan fingerprint density at radius 2 is 1.62 bits per heavy atom. The Balaban J connectivity index is 3.18. The molecule has 0 fully saturated rings. The van der Waals surface area contributed by atoms with E-state index in [1.54, 1.807) is 0 Å². The van der Waals surface area contributed by atoms with Crippen LogP contribution in [-0.4, -0.2) is 72.2 Å². The van der Waals surface area contributed by atoms with Crippen LogP contribution >= 0.6 is 0 Å². The number of aliphatic hydroxyl groups is 5. The van der Waals surface area contributed by atoms with Gasteiger partial charge < -0.3 is 25.5 Å². The largest absolute Gasteiger partial charge is 0.394 e. The van der Waals surface area contributed by atoms with Crippen LogP contribution in [0, 0.1) is 20.2 Å². The van der Waals surface area contributed by atoms with Crippen LogP contribution in [0.25, 0.3) is 0 Å². The molecule has 1 aromatic rings. The van der Waals surface area contributed by atoms with E-state index in [1.807, 2.05) is 0 Å². The summed E-state index contributed by atoms with van der Waals surface area (Å²) in [6.45, 7) is -0.975. The highest BCUT2D eigenvalue weighted by molar-refractivity contribution is 6.03. The molecule has 0 bridgehead atoms. The standard InChI is InChI=1S/C12H14N2O10/c15-4-8(16)10(18)12(20)11(19)9(17)6-2-1-5(13(21)22)3-7(6)14(23)24/h1-3,8,10-12,15-16,18-20H,4H2/t8-,10-,11-,12+/m1/s1. The van der Waals surface area contributed by atoms with Crippen molar-refractivity contribution in [3.63, 3.8) is 0 Å². The van der Waals surface area contributed by atoms with Crippen LogP contribution < -0.4 is 0 Å². The zero-order chi connectivity index (χ0) is 18.6. The lowest BCUT2D eigenvalue weighted by molar-refractivity contribution is -0.394. The Morgan fingerprint density at radius 3 is 2.08 bits per heavy atom. The number of hydrogen-bond donors (Lipinski definition) is 5. The number of hydrogen-bond acceptors (Lipinski definition) is 10. The van der Waals surface area contributed by atoms with Crippen molar-refractivity contribution in [2.45, 2.75) is 24.4 Å². The predicted molar refractivity (Wildman–Crippen MR) is 75.2 cm³/mol. The van der Waals surface area contributed by atoms with E-state index < -0.39 is 63.6 Å². The van der Waals surface area contributed by atoms with Crippen LogP contribution in [0.1, 0.15) is 10.4 Å². The maximum absolute atomic E-state index is 12.1. The molecule has 0 aliphatic rings. The Hall–Kier alpha value is -2.51. The third-order valence-corrected chi connectivity index (χ3v) is 3.18. The highest BCUT2D eigenvalue weighted by Gasteiger charge is 2.37. The molecule has 0 saturated carbocycles. The molecule has 1 aromatic carbocycles. The van der Waals surface area contributed by atoms with Gasteiger partial charge in [0, 0.05) is 6.07 Å². The molecule has 1 rings (SSSR count). The normalized spacial score (nSPS) is 16.0. The maximum Gasteiger partial charge on any atom is 0.287 e. The molecule has 12 nitrogen and oxygen atoms in total. The van der Waals surface area contributed by atoms with Gasteiger partial charge in [-0.15, -0.1) is 0 Å². The van der Waals surface area contributed by atoms with Gasteiger partial charge in [0.1, 0.15) is 24.4 Å². The van der Waals surface area contributed by atoms with Gasteiger partial charge in [-0.2, -0.15) is 0 Å². The summed E-state index contributed by atoms with van der Waals surface area (Å²) in [4.78, 5) is 31.6. The summed E-state index contributed by atoms with van der Waals surface area (Å²) in [5.74, 6) is -1.40. The number of nitro benzene ring substituents is 2. The van der Waals surface area contributed by atoms with Crippen molar-refractivity contribution in [2.75, 3.05) is 6.61 Å². The summed E-state index contributed by atoms with van der Waals surface area (Å²) in [7, 11) is 0. The van der Waals surface area contributed by atoms with E-state index in [0.29, 0.717) is 6.07 Å². The van der Waals surface area contributed by atoms with Crippen LogP contribution in [-0.2, 0) is 0 Å². The highest BCUT2D eigenvalue weighted by atomic mass is 16.6. The van der Waals surface area contributed by atoms with E-state index in [-0.39, 0.29) is 0 Å². The van der Waals surface area contributed by atoms with Gasteiger partial charge in [0.05, 0.1) is 28.1 Å². The quantitative estimate of drug-likeness (QED) is 0.201. The van der Waals surface area contributed by atoms with Crippen LogP contribution in [0.3, 0.4) is 0 Å². The number of rotatable bonds is 8. The minimum absolute atomic E-state index is 0.505. The third-order valence-electron chi connectivity index (χ3n) is 3.18. The van der Waals surface area contributed by atoms with Crippen LogP contribution in [0.2, 0.25) is 0 Å². The second kappa shape index (κ2) is 7.85. The van der Waals surface area contributed by atoms with Crippen LogP contribution in [0.4, 0.5) is 11.4 Å². The molecule has 0 spiro atoms. The molecular formula is C12H14N2O10. The van der Waals surface area contributed by atoms with Crippen molar-refractivity contribution in [3.05, 3.63) is 44.0 Å². The van der Waals surface area contributed by atoms with Gasteiger partial charge in [-0.25, -0.2) is 0 Å². The molecule has 0 amide bonds. The monoisotopic (exact) mass is 346 g/mol. The summed E-state index contributed by atoms with van der Waals surface area (Å²) in [6.07, 6.45) is -8.60. The second-order valence-corrected chi connectivity index (χ2v) is 4.76. The number of carbonyl (C=O) groups is 1. The molecule has 4 atom stereocenters. The molecular weight excluding hydrogens is 332 g/mol. The van der Waals surface area contributed by atoms with E-state index in [0.717, 1.165) is 12.1 Å². The zero-order valence-corrected chi connectivity index (χ0v) is 11.9. The molecule has 0 radical (unpaired) electrons. The van der Waals surface area contributed by atoms with Gasteiger partial charge in [-0.3, -0.25) is 25.0 Å². The first-order chi connectivity index (χ1) is 11.1. The van der Waals surface area contributed by atoms with Crippen molar-refractivity contribution >= 4 is 17.2 Å². The van der Waals surface area contributed by atoms with Gasteiger partial charge in [0.25, 0.3) is 11.4 Å². The Kier molecular flexibility index (Phi) is 6.39. The number of aliphatic hydroxyl groups excluding tert-OH is 5. The van der Waals surface area contributed by atoms with Crippen molar-refractivity contribution < 1.29 is 40.2 Å². The average molecular weight is 346 g/mol. The number of ketones is 1. The Morgan fingerprint density at radius 1 is 1.04 bits per heavy atom. The van der Waals surface area contributed by atoms with Crippen LogP contribution in [0.15, 0.2) is 18.2 Å². The number of non-ortho nitro benzene ring substituents is 1. The average Bonchev–Trinajstić information content (AvgIpc) is 2.57. The van der Waals surface area contributed by atoms with E-state index in [9.17, 15) is 45.4 Å². The second-order valence-electron chi connectivity index (χ2n) is 4.76. The van der Waals surface area contributed by atoms with Crippen LogP contribution in [0.5, 0.6) is 0 Å². The fourth-order valence-corrected chi connectivity index (χ4v) is 1.83. The molecule has 5 N–H and O–H groups in total. The van der Waals surface area contributed by atoms with Crippen molar-refractivity contribution in [1.29, 1.82) is 0 Å². The zero-order valence-electron chi connectivity index (χ0n) is 11.9. The predicted octanol–water partition coefficient (Wildman–Crippen LogP) is -1.88. The number of nitro groups is 2. The molecule has 132 valence electrons. The topological polar surface area (TPSA) is 204 Å². The number of carbonyl (C=O) groups excluding carboxylic acids is 1. The van der Waals surface area contributed by atoms with E-state index >= 15 is 0 Å². The van der Waals surface area contributed by atoms with E-state index in [4.69, 9.17) is 5.11 Å². The first-order valence-electron chi connectivity index (χ1n) is 6.42. The maximum atomic E-state index is 12.1. The summed E-state index contributed by atoms with van der Waals surface area (Å²) in [5, 5.41) is 68.2. The summed E-state index contributed by atoms with van der Waals surface area (Å²) in [6, 6.07) is 2.02. The van der Waals surface area contributed by atoms with Gasteiger partial charge in [-0.05, 0) is 6.07 Å². The van der Waals surface area contributed by atoms with E-state index in [2.05, 4.69) is 0 Å². The molecule has 0 aliphatic carbocycles. The minimum Gasteiger partial charge on any atom is -0.394 e. The summed E-state index contributed by atoms with van der Waals surface area (Å²) in [5.41, 5.74) is -2.37. The summed E-state index contributed by atoms with van der Waals surface area (Å²) < 4.78 is 0. The lowest BCUT2D eigenvalue weighted by Gasteiger charge is -2.24. The molecule has 0 aliphatic heterocycles. The van der Waals surface area contributed by atoms with E-state index in [1.165, 1.54) is 0 Å². The van der Waals surface area contributed by atoms with Gasteiger partial charge in [0.15, 0.2) is 0 Å². The summed E-state index contributed by atoms with van der Waals surface area (Å²) >= 11 is 0. The molecule has 0 saturated heterocycles. The molecule has 24 heavy (non-hydrogen) atoms. The fraction of sp³-hybridized carbons (Fsp3) is 0.417. The molecule has 0 heterocycles. The molecule has 0 unspecified atom stereocenters. The Labute approximate surface area is 133 Å². The van der Waals surface area contributed by atoms with Crippen molar-refractivity contribution in [1.82, 2.24) is 0 Å². The SMILES string of the molecule is O=C(c1ccc([N+](=O)[O-])cc1[N+](=O)[O-])[C@@H](O)[C@@H](O)[C@H](O)[C@H](O)CO. The Bertz CT molecular complexity index is 649. The number of benzene rings is 1.